The van der Waals surface area contributed by atoms with Crippen LogP contribution in [0.1, 0.15) is 53.4 Å². The van der Waals surface area contributed by atoms with E-state index < -0.39 is 11.7 Å². The lowest BCUT2D eigenvalue weighted by atomic mass is 10.2. The first-order chi connectivity index (χ1) is 14.1. The molecule has 7 nitrogen and oxygen atoms in total. The van der Waals surface area contributed by atoms with Crippen LogP contribution in [0.3, 0.4) is 0 Å². The summed E-state index contributed by atoms with van der Waals surface area (Å²) < 4.78 is 5.24. The number of alkyl carbamates (subject to hydrolysis) is 1. The molecule has 0 spiro atoms. The smallest absolute Gasteiger partial charge is 0.407 e. The van der Waals surface area contributed by atoms with Crippen LogP contribution < -0.4 is 15.5 Å². The molecule has 30 heavy (non-hydrogen) atoms. The maximum Gasteiger partial charge on any atom is 0.407 e. The average molecular weight is 419 g/mol. The first-order valence-electron chi connectivity index (χ1n) is 11.0. The second-order valence-corrected chi connectivity index (χ2v) is 9.14. The zero-order valence-electron chi connectivity index (χ0n) is 19.2. The molecule has 1 heterocycles. The van der Waals surface area contributed by atoms with Gasteiger partial charge in [-0.1, -0.05) is 12.8 Å². The molecule has 168 valence electrons. The Morgan fingerprint density at radius 3 is 2.27 bits per heavy atom. The van der Waals surface area contributed by atoms with Crippen molar-refractivity contribution in [3.63, 3.8) is 0 Å². The Morgan fingerprint density at radius 2 is 1.70 bits per heavy atom. The lowest BCUT2D eigenvalue weighted by Gasteiger charge is -2.26. The number of nitrogens with one attached hydrogen (secondary N) is 2. The molecule has 0 saturated carbocycles. The van der Waals surface area contributed by atoms with Gasteiger partial charge in [0.05, 0.1) is 6.54 Å². The van der Waals surface area contributed by atoms with Crippen molar-refractivity contribution in [1.29, 1.82) is 0 Å². The van der Waals surface area contributed by atoms with Crippen molar-refractivity contribution in [2.24, 2.45) is 0 Å². The molecule has 0 radical (unpaired) electrons. The van der Waals surface area contributed by atoms with Crippen LogP contribution in [-0.2, 0) is 9.53 Å². The van der Waals surface area contributed by atoms with Gasteiger partial charge in [-0.05, 0) is 71.8 Å². The lowest BCUT2D eigenvalue weighted by Crippen LogP contribution is -2.44. The number of rotatable bonds is 7. The van der Waals surface area contributed by atoms with E-state index in [0.29, 0.717) is 6.54 Å². The van der Waals surface area contributed by atoms with Crippen LogP contribution in [0.5, 0.6) is 0 Å². The molecule has 1 fully saturated rings. The van der Waals surface area contributed by atoms with Crippen LogP contribution in [0.4, 0.5) is 16.2 Å². The van der Waals surface area contributed by atoms with Crippen molar-refractivity contribution >= 4 is 23.4 Å². The highest BCUT2D eigenvalue weighted by Gasteiger charge is 2.18. The van der Waals surface area contributed by atoms with Crippen LogP contribution in [0.25, 0.3) is 0 Å². The molecule has 7 heteroatoms. The number of carbonyl (C=O) groups excluding carboxylic acids is 2. The fraction of sp³-hybridized carbons (Fsp3) is 0.652. The standard InChI is InChI=1S/C23H38N4O3/c1-18(16-24-22(29)30-23(2,3)4)26(5)17-21(28)25-19-10-12-20(13-11-19)27-14-8-6-7-9-15-27/h10-13,18H,6-9,14-17H2,1-5H3,(H,24,29)(H,25,28). The summed E-state index contributed by atoms with van der Waals surface area (Å²) in [6.45, 7) is 10.3. The van der Waals surface area contributed by atoms with Crippen LogP contribution in [-0.4, -0.2) is 61.8 Å². The Labute approximate surface area is 181 Å². The van der Waals surface area contributed by atoms with Crippen molar-refractivity contribution in [1.82, 2.24) is 10.2 Å². The summed E-state index contributed by atoms with van der Waals surface area (Å²) in [5.41, 5.74) is 1.49. The number of hydrogen-bond donors (Lipinski definition) is 2. The minimum Gasteiger partial charge on any atom is -0.444 e. The minimum absolute atomic E-state index is 0.00585. The monoisotopic (exact) mass is 418 g/mol. The van der Waals surface area contributed by atoms with E-state index in [1.165, 1.54) is 31.4 Å². The van der Waals surface area contributed by atoms with E-state index in [2.05, 4.69) is 27.7 Å². The molecule has 1 aliphatic heterocycles. The Balaban J connectivity index is 1.76. The quantitative estimate of drug-likeness (QED) is 0.704. The summed E-state index contributed by atoms with van der Waals surface area (Å²) in [4.78, 5) is 28.5. The van der Waals surface area contributed by atoms with Crippen molar-refractivity contribution < 1.29 is 14.3 Å². The second kappa shape index (κ2) is 11.2. The summed E-state index contributed by atoms with van der Waals surface area (Å²) in [6, 6.07) is 8.08. The molecular weight excluding hydrogens is 380 g/mol. The number of carbonyl (C=O) groups is 2. The molecular formula is C23H38N4O3. The third kappa shape index (κ3) is 8.61. The number of benzene rings is 1. The molecule has 0 aromatic heterocycles. The van der Waals surface area contributed by atoms with E-state index in [4.69, 9.17) is 4.74 Å². The molecule has 1 saturated heterocycles. The van der Waals surface area contributed by atoms with Gasteiger partial charge in [-0.2, -0.15) is 0 Å². The summed E-state index contributed by atoms with van der Waals surface area (Å²) in [6.07, 6.45) is 4.66. The molecule has 1 aromatic rings. The second-order valence-electron chi connectivity index (χ2n) is 9.14. The van der Waals surface area contributed by atoms with Gasteiger partial charge in [0.25, 0.3) is 0 Å². The van der Waals surface area contributed by atoms with Gasteiger partial charge in [0.2, 0.25) is 5.91 Å². The van der Waals surface area contributed by atoms with E-state index in [1.807, 2.05) is 51.8 Å². The third-order valence-electron chi connectivity index (χ3n) is 5.21. The summed E-state index contributed by atoms with van der Waals surface area (Å²) in [5, 5.41) is 5.70. The minimum atomic E-state index is -0.526. The predicted molar refractivity (Wildman–Crippen MR) is 122 cm³/mol. The Morgan fingerprint density at radius 1 is 1.10 bits per heavy atom. The van der Waals surface area contributed by atoms with E-state index in [-0.39, 0.29) is 18.5 Å². The molecule has 2 rings (SSSR count). The van der Waals surface area contributed by atoms with Gasteiger partial charge in [0.15, 0.2) is 0 Å². The molecule has 1 aliphatic rings. The SMILES string of the molecule is CC(CNC(=O)OC(C)(C)C)N(C)CC(=O)Nc1ccc(N2CCCCCC2)cc1. The largest absolute Gasteiger partial charge is 0.444 e. The number of nitrogens with zero attached hydrogens (tertiary/aromatic N) is 2. The van der Waals surface area contributed by atoms with Crippen LogP contribution in [0.2, 0.25) is 0 Å². The maximum absolute atomic E-state index is 12.4. The van der Waals surface area contributed by atoms with Gasteiger partial charge < -0.3 is 20.3 Å². The maximum atomic E-state index is 12.4. The molecule has 2 amide bonds. The first-order valence-corrected chi connectivity index (χ1v) is 11.0. The summed E-state index contributed by atoms with van der Waals surface area (Å²) in [5.74, 6) is -0.0795. The van der Waals surface area contributed by atoms with Gasteiger partial charge in [-0.3, -0.25) is 9.69 Å². The zero-order valence-corrected chi connectivity index (χ0v) is 19.2. The van der Waals surface area contributed by atoms with E-state index >= 15 is 0 Å². The van der Waals surface area contributed by atoms with Gasteiger partial charge >= 0.3 is 6.09 Å². The highest BCUT2D eigenvalue weighted by Crippen LogP contribution is 2.21. The van der Waals surface area contributed by atoms with Crippen molar-refractivity contribution in [3.05, 3.63) is 24.3 Å². The number of anilines is 2. The van der Waals surface area contributed by atoms with Crippen LogP contribution in [0, 0.1) is 0 Å². The molecule has 1 atom stereocenters. The predicted octanol–water partition coefficient (Wildman–Crippen LogP) is 3.85. The fourth-order valence-corrected chi connectivity index (χ4v) is 3.37. The molecule has 1 aromatic carbocycles. The van der Waals surface area contributed by atoms with Crippen molar-refractivity contribution in [2.45, 2.75) is 65.0 Å². The first kappa shape index (κ1) is 24.0. The van der Waals surface area contributed by atoms with Crippen LogP contribution >= 0.6 is 0 Å². The Kier molecular flexibility index (Phi) is 8.96. The third-order valence-corrected chi connectivity index (χ3v) is 5.21. The number of ether oxygens (including phenoxy) is 1. The van der Waals surface area contributed by atoms with Crippen molar-refractivity contribution in [2.75, 3.05) is 43.4 Å². The van der Waals surface area contributed by atoms with Gasteiger partial charge in [-0.25, -0.2) is 4.79 Å². The highest BCUT2D eigenvalue weighted by atomic mass is 16.6. The molecule has 1 unspecified atom stereocenters. The lowest BCUT2D eigenvalue weighted by molar-refractivity contribution is -0.117. The number of hydrogen-bond acceptors (Lipinski definition) is 5. The van der Waals surface area contributed by atoms with Gasteiger partial charge in [0.1, 0.15) is 5.60 Å². The molecule has 0 bridgehead atoms. The number of likely N-dealkylation sites (N-methyl/N-ethyl adjacent to an activating group) is 1. The zero-order chi connectivity index (χ0) is 22.1. The molecule has 2 N–H and O–H groups in total. The molecule has 0 aliphatic carbocycles. The summed E-state index contributed by atoms with van der Waals surface area (Å²) >= 11 is 0. The van der Waals surface area contributed by atoms with E-state index in [0.717, 1.165) is 18.8 Å². The van der Waals surface area contributed by atoms with Gasteiger partial charge in [0, 0.05) is 37.1 Å². The average Bonchev–Trinajstić information content (AvgIpc) is 2.94. The van der Waals surface area contributed by atoms with Crippen LogP contribution in [0.15, 0.2) is 24.3 Å². The normalized spacial score (nSPS) is 16.0. The van der Waals surface area contributed by atoms with E-state index in [1.54, 1.807) is 0 Å². The van der Waals surface area contributed by atoms with Gasteiger partial charge in [-0.15, -0.1) is 0 Å². The fourth-order valence-electron chi connectivity index (χ4n) is 3.37. The Hall–Kier alpha value is -2.28. The highest BCUT2D eigenvalue weighted by molar-refractivity contribution is 5.92. The Bertz CT molecular complexity index is 677. The topological polar surface area (TPSA) is 73.9 Å². The van der Waals surface area contributed by atoms with E-state index in [9.17, 15) is 9.59 Å². The van der Waals surface area contributed by atoms with Crippen molar-refractivity contribution in [3.8, 4) is 0 Å². The summed E-state index contributed by atoms with van der Waals surface area (Å²) in [7, 11) is 1.86. The number of amides is 2.